The number of hydrogen-bond acceptors (Lipinski definition) is 2. The summed E-state index contributed by atoms with van der Waals surface area (Å²) in [6.07, 6.45) is 2.22. The lowest BCUT2D eigenvalue weighted by atomic mass is 10.1. The van der Waals surface area contributed by atoms with Crippen LogP contribution in [0.3, 0.4) is 0 Å². The van der Waals surface area contributed by atoms with E-state index in [0.717, 1.165) is 16.3 Å². The third kappa shape index (κ3) is 1.96. The van der Waals surface area contributed by atoms with Crippen LogP contribution in [-0.2, 0) is 0 Å². The average Bonchev–Trinajstić information content (AvgIpc) is 2.65. The molecule has 2 aromatic rings. The van der Waals surface area contributed by atoms with Gasteiger partial charge in [0.05, 0.1) is 22.5 Å². The summed E-state index contributed by atoms with van der Waals surface area (Å²) in [4.78, 5) is 10.7. The highest BCUT2D eigenvalue weighted by Gasteiger charge is 2.10. The Kier molecular flexibility index (Phi) is 2.88. The molecule has 1 heterocycles. The minimum atomic E-state index is 0.499. The van der Waals surface area contributed by atoms with Gasteiger partial charge in [0, 0.05) is 10.0 Å². The van der Waals surface area contributed by atoms with Gasteiger partial charge in [0.15, 0.2) is 6.29 Å². The maximum absolute atomic E-state index is 10.7. The Morgan fingerprint density at radius 1 is 1.47 bits per heavy atom. The molecule has 0 radical (unpaired) electrons. The Morgan fingerprint density at radius 3 is 2.93 bits per heavy atom. The molecule has 0 fully saturated rings. The summed E-state index contributed by atoms with van der Waals surface area (Å²) in [5.74, 6) is 0. The van der Waals surface area contributed by atoms with Crippen LogP contribution in [0.25, 0.3) is 11.3 Å². The number of hydrogen-bond donors (Lipinski definition) is 1. The topological polar surface area (TPSA) is 45.8 Å². The highest BCUT2D eigenvalue weighted by atomic mass is 79.9. The number of aromatic amines is 1. The van der Waals surface area contributed by atoms with Gasteiger partial charge in [0.25, 0.3) is 0 Å². The first-order valence-corrected chi connectivity index (χ1v) is 5.33. The van der Waals surface area contributed by atoms with Crippen LogP contribution in [0.4, 0.5) is 0 Å². The van der Waals surface area contributed by atoms with E-state index in [1.165, 1.54) is 6.20 Å². The summed E-state index contributed by atoms with van der Waals surface area (Å²) in [6, 6.07) is 5.45. The molecule has 0 aliphatic carbocycles. The van der Waals surface area contributed by atoms with Crippen LogP contribution in [0.5, 0.6) is 0 Å². The Bertz CT molecular complexity index is 510. The van der Waals surface area contributed by atoms with Crippen LogP contribution in [0.2, 0.25) is 5.02 Å². The van der Waals surface area contributed by atoms with E-state index in [9.17, 15) is 4.79 Å². The number of nitrogens with zero attached hydrogens (tertiary/aromatic N) is 1. The van der Waals surface area contributed by atoms with Crippen LogP contribution in [0.1, 0.15) is 10.4 Å². The van der Waals surface area contributed by atoms with Crippen LogP contribution >= 0.6 is 27.5 Å². The van der Waals surface area contributed by atoms with Gasteiger partial charge in [0.1, 0.15) is 0 Å². The molecule has 3 nitrogen and oxygen atoms in total. The molecule has 0 unspecified atom stereocenters. The Balaban J connectivity index is 2.59. The van der Waals surface area contributed by atoms with Crippen LogP contribution < -0.4 is 0 Å². The number of carbonyl (C=O) groups is 1. The zero-order chi connectivity index (χ0) is 10.8. The highest BCUT2D eigenvalue weighted by molar-refractivity contribution is 9.10. The summed E-state index contributed by atoms with van der Waals surface area (Å²) < 4.78 is 0.892. The molecule has 0 bridgehead atoms. The first-order valence-electron chi connectivity index (χ1n) is 4.16. The zero-order valence-electron chi connectivity index (χ0n) is 7.50. The molecule has 2 rings (SSSR count). The predicted molar refractivity (Wildman–Crippen MR) is 62.1 cm³/mol. The summed E-state index contributed by atoms with van der Waals surface area (Å²) >= 11 is 9.37. The van der Waals surface area contributed by atoms with Crippen molar-refractivity contribution in [1.29, 1.82) is 0 Å². The van der Waals surface area contributed by atoms with Gasteiger partial charge >= 0.3 is 0 Å². The summed E-state index contributed by atoms with van der Waals surface area (Å²) in [5.41, 5.74) is 1.90. The largest absolute Gasteiger partial charge is 0.298 e. The number of benzene rings is 1. The molecule has 0 saturated carbocycles. The molecular weight excluding hydrogens is 279 g/mol. The van der Waals surface area contributed by atoms with Gasteiger partial charge in [-0.2, -0.15) is 5.10 Å². The predicted octanol–water partition coefficient (Wildman–Crippen LogP) is 3.31. The summed E-state index contributed by atoms with van der Waals surface area (Å²) in [6.45, 7) is 0. The molecule has 0 aliphatic rings. The van der Waals surface area contributed by atoms with Gasteiger partial charge in [-0.1, -0.05) is 33.6 Å². The normalized spacial score (nSPS) is 10.3. The molecule has 1 aromatic carbocycles. The fourth-order valence-electron chi connectivity index (χ4n) is 1.29. The monoisotopic (exact) mass is 284 g/mol. The van der Waals surface area contributed by atoms with E-state index < -0.39 is 0 Å². The standard InChI is InChI=1S/C10H6BrClN2O/c11-7-1-2-8(9(12)3-7)10-6(5-15)4-13-14-10/h1-5H,(H,13,14). The molecule has 0 aliphatic heterocycles. The quantitative estimate of drug-likeness (QED) is 0.861. The maximum atomic E-state index is 10.7. The lowest BCUT2D eigenvalue weighted by Crippen LogP contribution is -1.85. The van der Waals surface area contributed by atoms with Gasteiger partial charge in [-0.15, -0.1) is 0 Å². The zero-order valence-corrected chi connectivity index (χ0v) is 9.84. The molecule has 0 amide bonds. The van der Waals surface area contributed by atoms with Crippen molar-refractivity contribution in [3.8, 4) is 11.3 Å². The molecule has 15 heavy (non-hydrogen) atoms. The molecular formula is C10H6BrClN2O. The minimum absolute atomic E-state index is 0.499. The van der Waals surface area contributed by atoms with Gasteiger partial charge < -0.3 is 0 Å². The van der Waals surface area contributed by atoms with Gasteiger partial charge in [-0.25, -0.2) is 0 Å². The Labute approximate surface area is 99.6 Å². The van der Waals surface area contributed by atoms with Gasteiger partial charge in [0.2, 0.25) is 0 Å². The number of H-pyrrole nitrogens is 1. The van der Waals surface area contributed by atoms with Crippen LogP contribution in [0, 0.1) is 0 Å². The van der Waals surface area contributed by atoms with E-state index in [2.05, 4.69) is 26.1 Å². The first kappa shape index (κ1) is 10.4. The van der Waals surface area contributed by atoms with E-state index in [0.29, 0.717) is 16.3 Å². The lowest BCUT2D eigenvalue weighted by molar-refractivity contribution is 0.112. The molecule has 76 valence electrons. The minimum Gasteiger partial charge on any atom is -0.298 e. The van der Waals surface area contributed by atoms with Crippen LogP contribution in [-0.4, -0.2) is 16.5 Å². The second kappa shape index (κ2) is 4.16. The molecule has 1 aromatic heterocycles. The third-order valence-electron chi connectivity index (χ3n) is 2.00. The van der Waals surface area contributed by atoms with Crippen molar-refractivity contribution in [3.63, 3.8) is 0 Å². The highest BCUT2D eigenvalue weighted by Crippen LogP contribution is 2.30. The lowest BCUT2D eigenvalue weighted by Gasteiger charge is -2.02. The van der Waals surface area contributed by atoms with E-state index in [-0.39, 0.29) is 0 Å². The van der Waals surface area contributed by atoms with Crippen molar-refractivity contribution in [2.24, 2.45) is 0 Å². The maximum Gasteiger partial charge on any atom is 0.153 e. The Hall–Kier alpha value is -1.13. The number of aldehydes is 1. The van der Waals surface area contributed by atoms with E-state index >= 15 is 0 Å². The molecule has 0 atom stereocenters. The van der Waals surface area contributed by atoms with Crippen molar-refractivity contribution in [2.45, 2.75) is 0 Å². The van der Waals surface area contributed by atoms with Crippen molar-refractivity contribution < 1.29 is 4.79 Å². The molecule has 0 spiro atoms. The summed E-state index contributed by atoms with van der Waals surface area (Å²) in [7, 11) is 0. The number of nitrogens with one attached hydrogen (secondary N) is 1. The number of carbonyl (C=O) groups excluding carboxylic acids is 1. The van der Waals surface area contributed by atoms with Crippen molar-refractivity contribution in [1.82, 2.24) is 10.2 Å². The summed E-state index contributed by atoms with van der Waals surface area (Å²) in [5, 5.41) is 7.12. The van der Waals surface area contributed by atoms with Crippen molar-refractivity contribution in [3.05, 3.63) is 39.5 Å². The Morgan fingerprint density at radius 2 is 2.27 bits per heavy atom. The van der Waals surface area contributed by atoms with E-state index in [1.54, 1.807) is 6.07 Å². The van der Waals surface area contributed by atoms with Gasteiger partial charge in [-0.3, -0.25) is 9.89 Å². The number of halogens is 2. The van der Waals surface area contributed by atoms with Crippen LogP contribution in [0.15, 0.2) is 28.9 Å². The SMILES string of the molecule is O=Cc1cn[nH]c1-c1ccc(Br)cc1Cl. The fraction of sp³-hybridized carbons (Fsp3) is 0. The van der Waals surface area contributed by atoms with E-state index in [1.807, 2.05) is 12.1 Å². The van der Waals surface area contributed by atoms with E-state index in [4.69, 9.17) is 11.6 Å². The van der Waals surface area contributed by atoms with Gasteiger partial charge in [-0.05, 0) is 12.1 Å². The second-order valence-electron chi connectivity index (χ2n) is 2.94. The van der Waals surface area contributed by atoms with Crippen molar-refractivity contribution in [2.75, 3.05) is 0 Å². The molecule has 1 N–H and O–H groups in total. The third-order valence-corrected chi connectivity index (χ3v) is 2.80. The van der Waals surface area contributed by atoms with Crippen molar-refractivity contribution >= 4 is 33.8 Å². The first-order chi connectivity index (χ1) is 7.22. The molecule has 0 saturated heterocycles. The molecule has 5 heteroatoms. The fourth-order valence-corrected chi connectivity index (χ4v) is 2.06. The smallest absolute Gasteiger partial charge is 0.153 e. The number of rotatable bonds is 2. The average molecular weight is 286 g/mol. The number of aromatic nitrogens is 2. The second-order valence-corrected chi connectivity index (χ2v) is 4.27.